The topological polar surface area (TPSA) is 64.5 Å². The molecule has 5 heteroatoms. The predicted molar refractivity (Wildman–Crippen MR) is 195 cm³/mol. The molecule has 0 amide bonds. The minimum absolute atomic E-state index is 0.0777. The zero-order chi connectivity index (χ0) is 33.5. The van der Waals surface area contributed by atoms with Gasteiger partial charge in [-0.3, -0.25) is 0 Å². The number of aromatic hydroxyl groups is 2. The molecule has 0 saturated heterocycles. The Morgan fingerprint density at radius 1 is 0.444 bits per heavy atom. The number of phenols is 2. The number of benzene rings is 4. The van der Waals surface area contributed by atoms with Crippen molar-refractivity contribution in [3.63, 3.8) is 0 Å². The van der Waals surface area contributed by atoms with Crippen molar-refractivity contribution >= 4 is 34.5 Å². The minimum atomic E-state index is -0.219. The van der Waals surface area contributed by atoms with E-state index in [2.05, 4.69) is 130 Å². The Balaban J connectivity index is 1.75. The molecule has 0 atom stereocenters. The highest BCUT2D eigenvalue weighted by Crippen LogP contribution is 2.46. The fourth-order valence-electron chi connectivity index (χ4n) is 5.20. The average Bonchev–Trinajstić information content (AvgIpc) is 2.90. The second-order valence-electron chi connectivity index (χ2n) is 16.2. The van der Waals surface area contributed by atoms with Gasteiger partial charge in [-0.2, -0.15) is 0 Å². The Hall–Kier alpha value is -3.57. The lowest BCUT2D eigenvalue weighted by Crippen LogP contribution is -2.17. The van der Waals surface area contributed by atoms with E-state index >= 15 is 0 Å². The van der Waals surface area contributed by atoms with Crippen molar-refractivity contribution in [2.45, 2.75) is 115 Å². The fraction of sp³-hybridized carbons (Fsp3) is 0.400. The smallest absolute Gasteiger partial charge is 0.142 e. The first-order valence-corrected chi connectivity index (χ1v) is 16.6. The van der Waals surface area contributed by atoms with Crippen LogP contribution in [0.3, 0.4) is 0 Å². The van der Waals surface area contributed by atoms with Crippen molar-refractivity contribution in [1.82, 2.24) is 0 Å². The Morgan fingerprint density at radius 3 is 1.09 bits per heavy atom. The summed E-state index contributed by atoms with van der Waals surface area (Å²) in [5, 5.41) is 30.1. The molecular weight excluding hydrogens is 573 g/mol. The van der Waals surface area contributed by atoms with Gasteiger partial charge in [0, 0.05) is 20.9 Å². The zero-order valence-electron chi connectivity index (χ0n) is 29.2. The van der Waals surface area contributed by atoms with E-state index in [1.807, 2.05) is 36.4 Å². The van der Waals surface area contributed by atoms with Gasteiger partial charge in [0.25, 0.3) is 0 Å². The Morgan fingerprint density at radius 2 is 0.778 bits per heavy atom. The first-order valence-electron chi connectivity index (χ1n) is 15.8. The summed E-state index contributed by atoms with van der Waals surface area (Å²) in [4.78, 5) is 2.04. The van der Waals surface area contributed by atoms with E-state index in [-0.39, 0.29) is 33.2 Å². The molecule has 0 heterocycles. The summed E-state index contributed by atoms with van der Waals surface area (Å²) in [7, 11) is 0. The van der Waals surface area contributed by atoms with E-state index in [0.717, 1.165) is 32.3 Å². The van der Waals surface area contributed by atoms with E-state index in [1.54, 1.807) is 11.8 Å². The minimum Gasteiger partial charge on any atom is -0.505 e. The van der Waals surface area contributed by atoms with Gasteiger partial charge in [0.15, 0.2) is 0 Å². The van der Waals surface area contributed by atoms with Crippen molar-refractivity contribution in [2.24, 2.45) is 0 Å². The molecule has 0 saturated carbocycles. The normalized spacial score (nSPS) is 12.7. The molecule has 0 fully saturated rings. The quantitative estimate of drug-likeness (QED) is 0.161. The molecule has 4 N–H and O–H groups in total. The molecule has 0 bridgehead atoms. The van der Waals surface area contributed by atoms with Gasteiger partial charge in [0.1, 0.15) is 11.5 Å². The van der Waals surface area contributed by atoms with Crippen molar-refractivity contribution in [2.75, 3.05) is 10.6 Å². The highest BCUT2D eigenvalue weighted by Gasteiger charge is 2.27. The van der Waals surface area contributed by atoms with Crippen LogP contribution in [0.15, 0.2) is 82.6 Å². The third-order valence-corrected chi connectivity index (χ3v) is 9.25. The number of nitrogens with one attached hydrogen (secondary N) is 2. The summed E-state index contributed by atoms with van der Waals surface area (Å²) < 4.78 is 0. The Kier molecular flexibility index (Phi) is 9.39. The molecule has 4 aromatic carbocycles. The molecule has 0 spiro atoms. The Bertz CT molecular complexity index is 1550. The summed E-state index contributed by atoms with van der Waals surface area (Å²) in [5.41, 5.74) is 6.80. The third-order valence-electron chi connectivity index (χ3n) is 8.10. The molecule has 4 nitrogen and oxygen atoms in total. The Labute approximate surface area is 275 Å². The summed E-state index contributed by atoms with van der Waals surface area (Å²) >= 11 is 1.64. The molecule has 0 aliphatic rings. The van der Waals surface area contributed by atoms with Crippen molar-refractivity contribution in [3.05, 3.63) is 95.1 Å². The molecule has 4 rings (SSSR count). The molecule has 240 valence electrons. The summed E-state index contributed by atoms with van der Waals surface area (Å²) in [6.07, 6.45) is 0. The second kappa shape index (κ2) is 12.3. The maximum absolute atomic E-state index is 11.4. The van der Waals surface area contributed by atoms with Crippen LogP contribution in [0.25, 0.3) is 0 Å². The van der Waals surface area contributed by atoms with Crippen LogP contribution in [0.2, 0.25) is 0 Å². The number of hydrogen-bond donors (Lipinski definition) is 4. The second-order valence-corrected chi connectivity index (χ2v) is 17.3. The van der Waals surface area contributed by atoms with Gasteiger partial charge < -0.3 is 20.8 Å². The SMILES string of the molecule is CC(C)(C)c1cc(Nc2ccccc2Sc2ccccc2Nc2cc(C(C)(C)C)cc(C(C)(C)C)c2O)c(O)c(C(C)(C)C)c1. The van der Waals surface area contributed by atoms with Gasteiger partial charge in [-0.25, -0.2) is 0 Å². The summed E-state index contributed by atoms with van der Waals surface area (Å²) in [6.45, 7) is 26.0. The van der Waals surface area contributed by atoms with Crippen LogP contribution >= 0.6 is 11.8 Å². The van der Waals surface area contributed by atoms with Gasteiger partial charge in [-0.15, -0.1) is 0 Å². The lowest BCUT2D eigenvalue weighted by molar-refractivity contribution is 0.446. The predicted octanol–water partition coefficient (Wildman–Crippen LogP) is 11.9. The van der Waals surface area contributed by atoms with Gasteiger partial charge >= 0.3 is 0 Å². The van der Waals surface area contributed by atoms with Gasteiger partial charge in [-0.05, 0) is 69.2 Å². The maximum Gasteiger partial charge on any atom is 0.142 e. The largest absolute Gasteiger partial charge is 0.505 e. The molecule has 0 aromatic heterocycles. The van der Waals surface area contributed by atoms with Crippen LogP contribution in [0, 0.1) is 0 Å². The zero-order valence-corrected chi connectivity index (χ0v) is 30.0. The van der Waals surface area contributed by atoms with E-state index in [1.165, 1.54) is 11.1 Å². The van der Waals surface area contributed by atoms with Gasteiger partial charge in [0.2, 0.25) is 0 Å². The maximum atomic E-state index is 11.4. The third kappa shape index (κ3) is 7.99. The molecule has 45 heavy (non-hydrogen) atoms. The first kappa shape index (κ1) is 34.3. The number of para-hydroxylation sites is 2. The number of rotatable bonds is 6. The average molecular weight is 625 g/mol. The lowest BCUT2D eigenvalue weighted by atomic mass is 9.79. The lowest BCUT2D eigenvalue weighted by Gasteiger charge is -2.28. The summed E-state index contributed by atoms with van der Waals surface area (Å²) in [5.74, 6) is 0.558. The first-order chi connectivity index (χ1) is 20.7. The van der Waals surface area contributed by atoms with Crippen LogP contribution in [-0.4, -0.2) is 10.2 Å². The molecule has 0 aliphatic carbocycles. The van der Waals surface area contributed by atoms with Crippen LogP contribution in [0.4, 0.5) is 22.7 Å². The van der Waals surface area contributed by atoms with E-state index in [4.69, 9.17) is 0 Å². The van der Waals surface area contributed by atoms with Crippen molar-refractivity contribution in [1.29, 1.82) is 0 Å². The van der Waals surface area contributed by atoms with Crippen molar-refractivity contribution < 1.29 is 10.2 Å². The summed E-state index contributed by atoms with van der Waals surface area (Å²) in [6, 6.07) is 24.8. The van der Waals surface area contributed by atoms with Crippen molar-refractivity contribution in [3.8, 4) is 11.5 Å². The molecule has 0 radical (unpaired) electrons. The van der Waals surface area contributed by atoms with Crippen LogP contribution in [0.5, 0.6) is 11.5 Å². The standard InChI is InChI=1S/C40H52N2O2S/c1-37(2,3)25-21-27(39(7,8)9)35(43)31(23-25)41-29-17-13-15-19-33(29)45-34-20-16-14-18-30(34)42-32-24-26(38(4,5)6)22-28(36(32)44)40(10,11)12/h13-24,41-44H,1-12H3. The molecule has 4 aromatic rings. The molecule has 0 unspecified atom stereocenters. The van der Waals surface area contributed by atoms with E-state index < -0.39 is 0 Å². The van der Waals surface area contributed by atoms with E-state index in [0.29, 0.717) is 11.4 Å². The van der Waals surface area contributed by atoms with Crippen LogP contribution < -0.4 is 10.6 Å². The van der Waals surface area contributed by atoms with Crippen LogP contribution in [-0.2, 0) is 21.7 Å². The molecular formula is C40H52N2O2S. The number of phenolic OH excluding ortho intramolecular Hbond substituents is 2. The van der Waals surface area contributed by atoms with E-state index in [9.17, 15) is 10.2 Å². The van der Waals surface area contributed by atoms with Gasteiger partial charge in [-0.1, -0.05) is 131 Å². The molecule has 0 aliphatic heterocycles. The van der Waals surface area contributed by atoms with Crippen LogP contribution in [0.1, 0.15) is 105 Å². The number of anilines is 4. The number of hydrogen-bond acceptors (Lipinski definition) is 5. The van der Waals surface area contributed by atoms with Gasteiger partial charge in [0.05, 0.1) is 22.7 Å². The highest BCUT2D eigenvalue weighted by molar-refractivity contribution is 7.99. The monoisotopic (exact) mass is 624 g/mol. The highest BCUT2D eigenvalue weighted by atomic mass is 32.2. The fourth-order valence-corrected chi connectivity index (χ4v) is 6.18.